The Bertz CT molecular complexity index is 293. The Hall–Kier alpha value is -1.32. The van der Waals surface area contributed by atoms with Crippen LogP contribution in [-0.2, 0) is 0 Å². The van der Waals surface area contributed by atoms with Crippen LogP contribution in [0.5, 0.6) is 0 Å². The van der Waals surface area contributed by atoms with Gasteiger partial charge in [0.1, 0.15) is 5.82 Å². The molecule has 1 aromatic heterocycles. The topological polar surface area (TPSA) is 71.8 Å². The summed E-state index contributed by atoms with van der Waals surface area (Å²) in [6, 6.07) is 0. The summed E-state index contributed by atoms with van der Waals surface area (Å²) < 4.78 is 0. The minimum Gasteiger partial charge on any atom is -0.383 e. The van der Waals surface area contributed by atoms with Crippen LogP contribution in [0.2, 0.25) is 0 Å². The lowest BCUT2D eigenvalue weighted by Crippen LogP contribution is -2.12. The molecule has 0 saturated heterocycles. The van der Waals surface area contributed by atoms with Crippen LogP contribution >= 0.6 is 0 Å². The van der Waals surface area contributed by atoms with E-state index >= 15 is 0 Å². The fourth-order valence-electron chi connectivity index (χ4n) is 1.32. The van der Waals surface area contributed by atoms with Gasteiger partial charge in [-0.1, -0.05) is 20.3 Å². The number of nitrogen functional groups attached to an aromatic ring is 1. The lowest BCUT2D eigenvalue weighted by Gasteiger charge is -2.06. The first-order valence-corrected chi connectivity index (χ1v) is 4.49. The predicted molar refractivity (Wildman–Crippen MR) is 51.4 cm³/mol. The van der Waals surface area contributed by atoms with E-state index in [0.717, 1.165) is 12.8 Å². The number of nitrogens with zero attached hydrogens (tertiary/aromatic N) is 1. The number of hydrogen-bond acceptors (Lipinski definition) is 3. The van der Waals surface area contributed by atoms with Crippen LogP contribution in [0.1, 0.15) is 37.0 Å². The average molecular weight is 181 g/mol. The fourth-order valence-corrected chi connectivity index (χ4v) is 1.32. The van der Waals surface area contributed by atoms with Crippen LogP contribution in [0.15, 0.2) is 6.20 Å². The quantitative estimate of drug-likeness (QED) is 0.693. The van der Waals surface area contributed by atoms with Gasteiger partial charge in [0, 0.05) is 5.92 Å². The fraction of sp³-hybridized carbons (Fsp3) is 0.556. The maximum absolute atomic E-state index is 11.7. The van der Waals surface area contributed by atoms with E-state index in [0.29, 0.717) is 11.4 Å². The van der Waals surface area contributed by atoms with Crippen molar-refractivity contribution in [2.45, 2.75) is 26.7 Å². The number of ketones is 1. The summed E-state index contributed by atoms with van der Waals surface area (Å²) in [5.74, 6) is 0.478. The summed E-state index contributed by atoms with van der Waals surface area (Å²) in [5.41, 5.74) is 6.05. The monoisotopic (exact) mass is 181 g/mol. The van der Waals surface area contributed by atoms with Crippen LogP contribution < -0.4 is 5.73 Å². The minimum atomic E-state index is 0.0323. The highest BCUT2D eigenvalue weighted by Crippen LogP contribution is 2.16. The van der Waals surface area contributed by atoms with Crippen molar-refractivity contribution in [2.24, 2.45) is 5.92 Å². The van der Waals surface area contributed by atoms with Crippen molar-refractivity contribution in [3.05, 3.63) is 11.8 Å². The summed E-state index contributed by atoms with van der Waals surface area (Å²) in [6.45, 7) is 3.97. The Labute approximate surface area is 77.5 Å². The minimum absolute atomic E-state index is 0.0323. The Morgan fingerprint density at radius 3 is 2.92 bits per heavy atom. The molecule has 1 atom stereocenters. The second-order valence-electron chi connectivity index (χ2n) is 3.25. The van der Waals surface area contributed by atoms with Gasteiger partial charge in [-0.05, 0) is 6.42 Å². The Kier molecular flexibility index (Phi) is 3.06. The number of H-pyrrole nitrogens is 1. The van der Waals surface area contributed by atoms with Crippen molar-refractivity contribution in [3.8, 4) is 0 Å². The Morgan fingerprint density at radius 1 is 1.77 bits per heavy atom. The van der Waals surface area contributed by atoms with Gasteiger partial charge in [0.25, 0.3) is 0 Å². The molecule has 0 amide bonds. The summed E-state index contributed by atoms with van der Waals surface area (Å²) in [4.78, 5) is 11.7. The van der Waals surface area contributed by atoms with Gasteiger partial charge >= 0.3 is 0 Å². The predicted octanol–water partition coefficient (Wildman–Crippen LogP) is 1.61. The average Bonchev–Trinajstić information content (AvgIpc) is 2.50. The van der Waals surface area contributed by atoms with Crippen LogP contribution in [0.3, 0.4) is 0 Å². The molecule has 0 aliphatic heterocycles. The van der Waals surface area contributed by atoms with E-state index in [2.05, 4.69) is 17.1 Å². The van der Waals surface area contributed by atoms with Crippen LogP contribution in [0.4, 0.5) is 5.82 Å². The Balaban J connectivity index is 2.73. The molecule has 1 rings (SSSR count). The maximum Gasteiger partial charge on any atom is 0.170 e. The molecule has 0 aliphatic rings. The molecule has 13 heavy (non-hydrogen) atoms. The van der Waals surface area contributed by atoms with Crippen molar-refractivity contribution in [1.82, 2.24) is 10.2 Å². The van der Waals surface area contributed by atoms with Gasteiger partial charge in [-0.15, -0.1) is 0 Å². The third-order valence-corrected chi connectivity index (χ3v) is 2.10. The number of rotatable bonds is 4. The van der Waals surface area contributed by atoms with Gasteiger partial charge in [-0.2, -0.15) is 5.10 Å². The number of Topliss-reactive ketones (excluding diaryl/α,β-unsaturated/α-hetero) is 1. The smallest absolute Gasteiger partial charge is 0.170 e. The molecule has 1 unspecified atom stereocenters. The number of hydrogen-bond donors (Lipinski definition) is 2. The van der Waals surface area contributed by atoms with E-state index < -0.39 is 0 Å². The largest absolute Gasteiger partial charge is 0.383 e. The van der Waals surface area contributed by atoms with Gasteiger partial charge in [0.15, 0.2) is 5.78 Å². The van der Waals surface area contributed by atoms with Gasteiger partial charge < -0.3 is 5.73 Å². The number of nitrogens with one attached hydrogen (secondary N) is 1. The summed E-state index contributed by atoms with van der Waals surface area (Å²) >= 11 is 0. The van der Waals surface area contributed by atoms with Crippen molar-refractivity contribution in [2.75, 3.05) is 5.73 Å². The van der Waals surface area contributed by atoms with E-state index in [-0.39, 0.29) is 11.7 Å². The van der Waals surface area contributed by atoms with Crippen molar-refractivity contribution in [3.63, 3.8) is 0 Å². The summed E-state index contributed by atoms with van der Waals surface area (Å²) in [6.07, 6.45) is 3.39. The standard InChI is InChI=1S/C9H15N3O/c1-3-4-6(2)8(13)7-5-11-12-9(7)10/h5-6H,3-4H2,1-2H3,(H3,10,11,12). The van der Waals surface area contributed by atoms with E-state index in [1.807, 2.05) is 6.92 Å². The summed E-state index contributed by atoms with van der Waals surface area (Å²) in [7, 11) is 0. The second-order valence-corrected chi connectivity index (χ2v) is 3.25. The Morgan fingerprint density at radius 2 is 2.46 bits per heavy atom. The number of aromatic nitrogens is 2. The SMILES string of the molecule is CCCC(C)C(=O)c1cn[nH]c1N. The number of carbonyl (C=O) groups is 1. The van der Waals surface area contributed by atoms with Crippen molar-refractivity contribution < 1.29 is 4.79 Å². The molecule has 1 heterocycles. The molecule has 0 aliphatic carbocycles. The number of carbonyl (C=O) groups excluding carboxylic acids is 1. The highest BCUT2D eigenvalue weighted by atomic mass is 16.1. The molecule has 72 valence electrons. The first kappa shape index (κ1) is 9.77. The van der Waals surface area contributed by atoms with E-state index in [4.69, 9.17) is 5.73 Å². The summed E-state index contributed by atoms with van der Waals surface area (Å²) in [5, 5.41) is 6.27. The van der Waals surface area contributed by atoms with Crippen molar-refractivity contribution >= 4 is 11.6 Å². The molecule has 0 aromatic carbocycles. The van der Waals surface area contributed by atoms with E-state index in [1.54, 1.807) is 0 Å². The molecular formula is C9H15N3O. The maximum atomic E-state index is 11.7. The van der Waals surface area contributed by atoms with Gasteiger partial charge in [-0.25, -0.2) is 0 Å². The lowest BCUT2D eigenvalue weighted by atomic mass is 9.97. The molecule has 0 bridgehead atoms. The zero-order valence-corrected chi connectivity index (χ0v) is 8.00. The highest BCUT2D eigenvalue weighted by molar-refractivity contribution is 6.01. The van der Waals surface area contributed by atoms with Gasteiger partial charge in [-0.3, -0.25) is 9.89 Å². The highest BCUT2D eigenvalue weighted by Gasteiger charge is 2.17. The van der Waals surface area contributed by atoms with Gasteiger partial charge in [0.2, 0.25) is 0 Å². The number of anilines is 1. The van der Waals surface area contributed by atoms with Crippen LogP contribution in [-0.4, -0.2) is 16.0 Å². The molecule has 0 saturated carbocycles. The van der Waals surface area contributed by atoms with E-state index in [1.165, 1.54) is 6.20 Å². The normalized spacial score (nSPS) is 12.8. The molecular weight excluding hydrogens is 166 g/mol. The van der Waals surface area contributed by atoms with Crippen LogP contribution in [0.25, 0.3) is 0 Å². The molecule has 4 nitrogen and oxygen atoms in total. The number of aromatic amines is 1. The molecule has 0 radical (unpaired) electrons. The number of nitrogens with two attached hydrogens (primary N) is 1. The molecule has 0 fully saturated rings. The lowest BCUT2D eigenvalue weighted by molar-refractivity contribution is 0.0924. The first-order chi connectivity index (χ1) is 6.16. The molecule has 4 heteroatoms. The van der Waals surface area contributed by atoms with E-state index in [9.17, 15) is 4.79 Å². The zero-order valence-electron chi connectivity index (χ0n) is 8.00. The third-order valence-electron chi connectivity index (χ3n) is 2.10. The van der Waals surface area contributed by atoms with Gasteiger partial charge in [0.05, 0.1) is 11.8 Å². The molecule has 1 aromatic rings. The third kappa shape index (κ3) is 2.08. The molecule has 3 N–H and O–H groups in total. The van der Waals surface area contributed by atoms with Crippen LogP contribution in [0, 0.1) is 5.92 Å². The molecule has 0 spiro atoms. The van der Waals surface area contributed by atoms with Crippen molar-refractivity contribution in [1.29, 1.82) is 0 Å². The second kappa shape index (κ2) is 4.07. The zero-order chi connectivity index (χ0) is 9.84. The first-order valence-electron chi connectivity index (χ1n) is 4.49.